The van der Waals surface area contributed by atoms with E-state index >= 15 is 0 Å². The highest BCUT2D eigenvalue weighted by Crippen LogP contribution is 2.22. The van der Waals surface area contributed by atoms with Gasteiger partial charge in [-0.05, 0) is 38.3 Å². The molecule has 0 bridgehead atoms. The van der Waals surface area contributed by atoms with Crippen molar-refractivity contribution < 1.29 is 12.8 Å². The number of hydrogen-bond acceptors (Lipinski definition) is 0. The summed E-state index contributed by atoms with van der Waals surface area (Å²) in [5.41, 5.74) is 3.88. The van der Waals surface area contributed by atoms with Crippen molar-refractivity contribution in [1.82, 2.24) is 0 Å². The second-order valence-electron chi connectivity index (χ2n) is 4.31. The third-order valence-corrected chi connectivity index (χ3v) is 3.16. The number of nitrogens with zero attached hydrogens (tertiary/aromatic N) is 1. The zero-order valence-corrected chi connectivity index (χ0v) is 10.3. The highest BCUT2D eigenvalue weighted by atomic mass is 14.9. The zero-order valence-electron chi connectivity index (χ0n) is 16.3. The van der Waals surface area contributed by atoms with E-state index in [1.54, 1.807) is 37.3 Å². The number of aromatic nitrogens is 1. The highest BCUT2D eigenvalue weighted by molar-refractivity contribution is 5.61. The Morgan fingerprint density at radius 3 is 2.47 bits per heavy atom. The van der Waals surface area contributed by atoms with Crippen LogP contribution < -0.4 is 4.57 Å². The van der Waals surface area contributed by atoms with E-state index < -0.39 is 13.7 Å². The van der Waals surface area contributed by atoms with Crippen LogP contribution in [-0.4, -0.2) is 0 Å². The molecule has 1 nitrogen and oxygen atoms in total. The fourth-order valence-electron chi connectivity index (χ4n) is 1.98. The summed E-state index contributed by atoms with van der Waals surface area (Å²) in [5.74, 6) is 0. The first-order valence-corrected chi connectivity index (χ1v) is 5.54. The van der Waals surface area contributed by atoms with Crippen LogP contribution in [0, 0.1) is 27.6 Å². The van der Waals surface area contributed by atoms with E-state index in [0.717, 1.165) is 16.8 Å². The Morgan fingerprint density at radius 2 is 1.82 bits per heavy atom. The van der Waals surface area contributed by atoms with Crippen molar-refractivity contribution in [3.05, 3.63) is 52.7 Å². The molecule has 0 aliphatic heterocycles. The summed E-state index contributed by atoms with van der Waals surface area (Å²) in [5, 5.41) is 0. The van der Waals surface area contributed by atoms with Gasteiger partial charge in [0.2, 0.25) is 5.69 Å². The van der Waals surface area contributed by atoms with Crippen LogP contribution in [0.1, 0.15) is 30.6 Å². The summed E-state index contributed by atoms with van der Waals surface area (Å²) in [6, 6.07) is 8.43. The molecule has 2 aromatic rings. The van der Waals surface area contributed by atoms with Gasteiger partial charge >= 0.3 is 0 Å². The molecule has 1 aromatic carbocycles. The van der Waals surface area contributed by atoms with Gasteiger partial charge in [0.25, 0.3) is 0 Å². The Bertz CT molecular complexity index is 743. The average molecular weight is 232 g/mol. The lowest BCUT2D eigenvalue weighted by molar-refractivity contribution is -0.667. The van der Waals surface area contributed by atoms with Gasteiger partial charge in [0.05, 0.1) is 0 Å². The van der Waals surface area contributed by atoms with Gasteiger partial charge in [-0.25, -0.2) is 0 Å². The van der Waals surface area contributed by atoms with Gasteiger partial charge in [-0.1, -0.05) is 17.7 Å². The van der Waals surface area contributed by atoms with Crippen molar-refractivity contribution in [2.45, 2.75) is 27.6 Å². The highest BCUT2D eigenvalue weighted by Gasteiger charge is 2.15. The molecule has 0 fully saturated rings. The monoisotopic (exact) mass is 232 g/mol. The number of hydrogen-bond donors (Lipinski definition) is 0. The molecule has 0 spiro atoms. The zero-order chi connectivity index (χ0) is 17.6. The molecule has 0 N–H and O–H groups in total. The second-order valence-corrected chi connectivity index (χ2v) is 4.31. The Balaban J connectivity index is 2.58. The predicted octanol–water partition coefficient (Wildman–Crippen LogP) is 3.41. The number of aryl methyl sites for hydroxylation is 3. The van der Waals surface area contributed by atoms with Crippen LogP contribution in [0.5, 0.6) is 0 Å². The lowest BCUT2D eigenvalue weighted by Gasteiger charge is -2.08. The molecule has 0 saturated heterocycles. The van der Waals surface area contributed by atoms with E-state index in [0.29, 0.717) is 16.8 Å². The summed E-state index contributed by atoms with van der Waals surface area (Å²) in [6.45, 7) is -0.651. The van der Waals surface area contributed by atoms with Gasteiger partial charge in [0.15, 0.2) is 5.69 Å². The second kappa shape index (κ2) is 4.33. The van der Waals surface area contributed by atoms with E-state index in [1.807, 2.05) is 18.5 Å². The third-order valence-electron chi connectivity index (χ3n) is 3.16. The Kier molecular flexibility index (Phi) is 1.61. The fourth-order valence-corrected chi connectivity index (χ4v) is 1.98. The smallest absolute Gasteiger partial charge is 0.198 e. The lowest BCUT2D eigenvalue weighted by Crippen LogP contribution is -2.35. The van der Waals surface area contributed by atoms with E-state index in [9.17, 15) is 0 Å². The molecule has 17 heavy (non-hydrogen) atoms. The fraction of sp³-hybridized carbons (Fsp3) is 0.312. The van der Waals surface area contributed by atoms with Gasteiger partial charge in [-0.2, -0.15) is 4.57 Å². The van der Waals surface area contributed by atoms with Gasteiger partial charge in [0.1, 0.15) is 7.05 Å². The maximum atomic E-state index is 7.58. The Hall–Kier alpha value is -1.63. The molecular weight excluding hydrogens is 206 g/mol. The first kappa shape index (κ1) is 6.34. The molecule has 1 heteroatoms. The van der Waals surface area contributed by atoms with E-state index in [1.165, 1.54) is 0 Å². The minimum absolute atomic E-state index is 0.303. The minimum atomic E-state index is -2.15. The molecule has 88 valence electrons. The quantitative estimate of drug-likeness (QED) is 0.663. The van der Waals surface area contributed by atoms with Crippen molar-refractivity contribution in [2.75, 3.05) is 0 Å². The normalized spacial score (nSPS) is 17.4. The van der Waals surface area contributed by atoms with Gasteiger partial charge in [-0.15, -0.1) is 0 Å². The first-order chi connectivity index (χ1) is 10.4. The predicted molar refractivity (Wildman–Crippen MR) is 72.0 cm³/mol. The summed E-state index contributed by atoms with van der Waals surface area (Å²) in [6.07, 6.45) is 0. The van der Waals surface area contributed by atoms with Gasteiger partial charge in [0, 0.05) is 32.3 Å². The molecule has 0 unspecified atom stereocenters. The summed E-state index contributed by atoms with van der Waals surface area (Å²) in [4.78, 5) is 0. The molecule has 0 atom stereocenters. The number of benzene rings is 1. The Morgan fingerprint density at radius 1 is 1.00 bits per heavy atom. The first-order valence-electron chi connectivity index (χ1n) is 8.54. The molecule has 1 heterocycles. The molecular formula is C16H20N+. The molecule has 1 aromatic heterocycles. The average Bonchev–Trinajstić information content (AvgIpc) is 2.39. The molecule has 0 aliphatic carbocycles. The minimum Gasteiger partial charge on any atom is -0.198 e. The molecule has 0 saturated carbocycles. The van der Waals surface area contributed by atoms with Crippen LogP contribution in [0.4, 0.5) is 0 Å². The Labute approximate surface area is 112 Å². The standard InChI is InChI=1S/C16H20N/c1-11-6-8-15(13(3)10-11)16-9-7-12(2)14(4)17(16)5/h6-10H,1-5H3/q+1/i1D3,2D3. The van der Waals surface area contributed by atoms with Crippen LogP contribution in [0.3, 0.4) is 0 Å². The lowest BCUT2D eigenvalue weighted by atomic mass is 10.0. The van der Waals surface area contributed by atoms with Crippen molar-refractivity contribution in [1.29, 1.82) is 0 Å². The van der Waals surface area contributed by atoms with E-state index in [-0.39, 0.29) is 0 Å². The summed E-state index contributed by atoms with van der Waals surface area (Å²) < 4.78 is 47.0. The molecule has 2 rings (SSSR count). The van der Waals surface area contributed by atoms with Crippen LogP contribution in [0.15, 0.2) is 30.3 Å². The van der Waals surface area contributed by atoms with Crippen molar-refractivity contribution in [2.24, 2.45) is 7.05 Å². The van der Waals surface area contributed by atoms with Crippen molar-refractivity contribution in [3.8, 4) is 11.3 Å². The maximum absolute atomic E-state index is 7.58. The van der Waals surface area contributed by atoms with Crippen molar-refractivity contribution in [3.63, 3.8) is 0 Å². The SMILES string of the molecule is [2H]C([2H])([2H])c1ccc(-c2ccc(C([2H])([2H])[2H])c(C)[n+]2C)c(C)c1. The molecule has 0 amide bonds. The maximum Gasteiger partial charge on any atom is 0.212 e. The van der Waals surface area contributed by atoms with Crippen LogP contribution >= 0.6 is 0 Å². The van der Waals surface area contributed by atoms with Gasteiger partial charge in [-0.3, -0.25) is 0 Å². The summed E-state index contributed by atoms with van der Waals surface area (Å²) >= 11 is 0. The topological polar surface area (TPSA) is 3.88 Å². The van der Waals surface area contributed by atoms with Crippen LogP contribution in [0.25, 0.3) is 11.3 Å². The van der Waals surface area contributed by atoms with Crippen molar-refractivity contribution >= 4 is 0 Å². The van der Waals surface area contributed by atoms with Crippen LogP contribution in [-0.2, 0) is 7.05 Å². The largest absolute Gasteiger partial charge is 0.212 e. The van der Waals surface area contributed by atoms with Crippen LogP contribution in [0.2, 0.25) is 0 Å². The number of rotatable bonds is 1. The van der Waals surface area contributed by atoms with E-state index in [2.05, 4.69) is 0 Å². The number of pyridine rings is 1. The third kappa shape index (κ3) is 2.10. The molecule has 0 radical (unpaired) electrons. The summed E-state index contributed by atoms with van der Waals surface area (Å²) in [7, 11) is 1.82. The van der Waals surface area contributed by atoms with Gasteiger partial charge < -0.3 is 0 Å². The molecule has 0 aliphatic rings. The van der Waals surface area contributed by atoms with E-state index in [4.69, 9.17) is 8.22 Å².